The molecule has 0 aliphatic carbocycles. The van der Waals surface area contributed by atoms with Crippen LogP contribution in [-0.4, -0.2) is 41.8 Å². The molecular formula is C27H29N3O4. The second kappa shape index (κ2) is 10.8. The molecule has 176 valence electrons. The highest BCUT2D eigenvalue weighted by atomic mass is 16.3. The topological polar surface area (TPSA) is 91.7 Å². The Labute approximate surface area is 199 Å². The van der Waals surface area contributed by atoms with E-state index in [-0.39, 0.29) is 30.2 Å². The zero-order valence-electron chi connectivity index (χ0n) is 19.2. The van der Waals surface area contributed by atoms with Crippen molar-refractivity contribution in [2.75, 3.05) is 13.1 Å². The number of nitrogens with one attached hydrogen (secondary N) is 2. The van der Waals surface area contributed by atoms with Crippen LogP contribution in [-0.2, 0) is 11.3 Å². The summed E-state index contributed by atoms with van der Waals surface area (Å²) < 4.78 is 5.30. The average molecular weight is 460 g/mol. The summed E-state index contributed by atoms with van der Waals surface area (Å²) >= 11 is 0. The number of likely N-dealkylation sites (tertiary alicyclic amines) is 1. The Balaban J connectivity index is 1.42. The molecule has 1 aromatic heterocycles. The van der Waals surface area contributed by atoms with Gasteiger partial charge in [0, 0.05) is 24.2 Å². The Hall–Kier alpha value is -3.87. The Bertz CT molecular complexity index is 1100. The molecule has 1 fully saturated rings. The molecule has 2 aromatic carbocycles. The van der Waals surface area contributed by atoms with Crippen LogP contribution in [0.4, 0.5) is 0 Å². The zero-order chi connectivity index (χ0) is 23.9. The maximum atomic E-state index is 13.1. The van der Waals surface area contributed by atoms with Crippen molar-refractivity contribution in [1.29, 1.82) is 0 Å². The number of rotatable bonds is 7. The van der Waals surface area contributed by atoms with Gasteiger partial charge in [0.25, 0.3) is 11.8 Å². The van der Waals surface area contributed by atoms with Crippen LogP contribution in [0.3, 0.4) is 0 Å². The number of aryl methyl sites for hydroxylation is 1. The zero-order valence-corrected chi connectivity index (χ0v) is 19.2. The number of amides is 3. The van der Waals surface area contributed by atoms with E-state index in [0.717, 1.165) is 5.56 Å². The Kier molecular flexibility index (Phi) is 7.42. The number of nitrogens with zero attached hydrogens (tertiary/aromatic N) is 1. The van der Waals surface area contributed by atoms with Gasteiger partial charge in [0.1, 0.15) is 11.8 Å². The maximum Gasteiger partial charge on any atom is 0.253 e. The van der Waals surface area contributed by atoms with Crippen molar-refractivity contribution in [2.24, 2.45) is 5.92 Å². The largest absolute Gasteiger partial charge is 0.467 e. The van der Waals surface area contributed by atoms with Crippen molar-refractivity contribution in [3.8, 4) is 0 Å². The summed E-state index contributed by atoms with van der Waals surface area (Å²) in [6, 6.07) is 19.2. The van der Waals surface area contributed by atoms with E-state index in [2.05, 4.69) is 10.6 Å². The van der Waals surface area contributed by atoms with Crippen LogP contribution < -0.4 is 10.6 Å². The molecule has 7 nitrogen and oxygen atoms in total. The van der Waals surface area contributed by atoms with E-state index < -0.39 is 6.04 Å². The van der Waals surface area contributed by atoms with Crippen molar-refractivity contribution >= 4 is 17.7 Å². The molecular weight excluding hydrogens is 430 g/mol. The molecule has 3 aromatic rings. The number of hydrogen-bond donors (Lipinski definition) is 2. The Morgan fingerprint density at radius 2 is 1.65 bits per heavy atom. The molecule has 0 bridgehead atoms. The highest BCUT2D eigenvalue weighted by Gasteiger charge is 2.34. The SMILES string of the molecule is Cc1ccc(C(=O)N2CCC([C@H](NC(=O)c3ccccc3)C(=O)NCc3ccco3)CC2)cc1. The molecule has 0 radical (unpaired) electrons. The highest BCUT2D eigenvalue weighted by Crippen LogP contribution is 2.23. The fourth-order valence-electron chi connectivity index (χ4n) is 4.22. The third-order valence-electron chi connectivity index (χ3n) is 6.22. The third kappa shape index (κ3) is 5.73. The van der Waals surface area contributed by atoms with Crippen LogP contribution in [0.1, 0.15) is 44.9 Å². The maximum absolute atomic E-state index is 13.1. The van der Waals surface area contributed by atoms with E-state index in [4.69, 9.17) is 4.42 Å². The average Bonchev–Trinajstić information content (AvgIpc) is 3.40. The van der Waals surface area contributed by atoms with Crippen LogP contribution >= 0.6 is 0 Å². The minimum Gasteiger partial charge on any atom is -0.467 e. The lowest BCUT2D eigenvalue weighted by molar-refractivity contribution is -0.124. The molecule has 0 saturated carbocycles. The van der Waals surface area contributed by atoms with E-state index in [9.17, 15) is 14.4 Å². The molecule has 0 spiro atoms. The highest BCUT2D eigenvalue weighted by molar-refractivity contribution is 5.97. The molecule has 0 unspecified atom stereocenters. The first kappa shape index (κ1) is 23.3. The van der Waals surface area contributed by atoms with Gasteiger partial charge in [-0.05, 0) is 62.1 Å². The first-order valence-corrected chi connectivity index (χ1v) is 11.5. The van der Waals surface area contributed by atoms with Gasteiger partial charge in [-0.1, -0.05) is 35.9 Å². The van der Waals surface area contributed by atoms with Crippen LogP contribution in [0.2, 0.25) is 0 Å². The quantitative estimate of drug-likeness (QED) is 0.565. The van der Waals surface area contributed by atoms with Gasteiger partial charge in [0.05, 0.1) is 12.8 Å². The lowest BCUT2D eigenvalue weighted by Crippen LogP contribution is -2.53. The predicted molar refractivity (Wildman–Crippen MR) is 128 cm³/mol. The van der Waals surface area contributed by atoms with Crippen molar-refractivity contribution in [1.82, 2.24) is 15.5 Å². The summed E-state index contributed by atoms with van der Waals surface area (Å²) in [6.45, 7) is 3.29. The number of piperidine rings is 1. The van der Waals surface area contributed by atoms with Gasteiger partial charge in [-0.2, -0.15) is 0 Å². The summed E-state index contributed by atoms with van der Waals surface area (Å²) in [4.78, 5) is 40.7. The number of hydrogen-bond acceptors (Lipinski definition) is 4. The van der Waals surface area contributed by atoms with Gasteiger partial charge in [0.2, 0.25) is 5.91 Å². The fourth-order valence-corrected chi connectivity index (χ4v) is 4.22. The summed E-state index contributed by atoms with van der Waals surface area (Å²) in [5.41, 5.74) is 2.26. The van der Waals surface area contributed by atoms with Gasteiger partial charge in [0.15, 0.2) is 0 Å². The van der Waals surface area contributed by atoms with Crippen molar-refractivity contribution in [3.63, 3.8) is 0 Å². The van der Waals surface area contributed by atoms with Gasteiger partial charge in [-0.3, -0.25) is 14.4 Å². The normalized spacial score (nSPS) is 14.9. The minimum atomic E-state index is -0.709. The summed E-state index contributed by atoms with van der Waals surface area (Å²) in [7, 11) is 0. The molecule has 1 atom stereocenters. The molecule has 2 heterocycles. The summed E-state index contributed by atoms with van der Waals surface area (Å²) in [6.07, 6.45) is 2.79. The molecule has 1 aliphatic rings. The molecule has 3 amide bonds. The minimum absolute atomic E-state index is 0.00871. The number of carbonyl (C=O) groups excluding carboxylic acids is 3. The Morgan fingerprint density at radius 3 is 2.29 bits per heavy atom. The summed E-state index contributed by atoms with van der Waals surface area (Å²) in [5, 5.41) is 5.81. The van der Waals surface area contributed by atoms with Crippen molar-refractivity contribution in [3.05, 3.63) is 95.4 Å². The molecule has 34 heavy (non-hydrogen) atoms. The van der Waals surface area contributed by atoms with Gasteiger partial charge >= 0.3 is 0 Å². The standard InChI is InChI=1S/C27H29N3O4/c1-19-9-11-22(12-10-19)27(33)30-15-13-20(14-16-30)24(26(32)28-18-23-8-5-17-34-23)29-25(31)21-6-3-2-4-7-21/h2-12,17,20,24H,13-16,18H2,1H3,(H,28,32)(H,29,31)/t24-/m0/s1. The van der Waals surface area contributed by atoms with E-state index in [1.165, 1.54) is 0 Å². The van der Waals surface area contributed by atoms with Gasteiger partial charge < -0.3 is 20.0 Å². The van der Waals surface area contributed by atoms with Crippen molar-refractivity contribution < 1.29 is 18.8 Å². The van der Waals surface area contributed by atoms with Crippen LogP contribution in [0.5, 0.6) is 0 Å². The molecule has 4 rings (SSSR count). The lowest BCUT2D eigenvalue weighted by Gasteiger charge is -2.36. The van der Waals surface area contributed by atoms with Crippen LogP contribution in [0.25, 0.3) is 0 Å². The number of benzene rings is 2. The van der Waals surface area contributed by atoms with Gasteiger partial charge in [-0.15, -0.1) is 0 Å². The molecule has 2 N–H and O–H groups in total. The Morgan fingerprint density at radius 1 is 0.941 bits per heavy atom. The molecule has 7 heteroatoms. The first-order valence-electron chi connectivity index (χ1n) is 11.5. The van der Waals surface area contributed by atoms with E-state index in [1.807, 2.05) is 42.2 Å². The number of carbonyl (C=O) groups is 3. The van der Waals surface area contributed by atoms with E-state index in [1.54, 1.807) is 42.7 Å². The first-order chi connectivity index (χ1) is 16.5. The molecule has 1 aliphatic heterocycles. The summed E-state index contributed by atoms with van der Waals surface area (Å²) in [5.74, 6) is -0.0159. The predicted octanol–water partition coefficient (Wildman–Crippen LogP) is 3.56. The van der Waals surface area contributed by atoms with Gasteiger partial charge in [-0.25, -0.2) is 0 Å². The number of furan rings is 1. The second-order valence-electron chi connectivity index (χ2n) is 8.61. The lowest BCUT2D eigenvalue weighted by atomic mass is 9.88. The second-order valence-corrected chi connectivity index (χ2v) is 8.61. The molecule has 1 saturated heterocycles. The van der Waals surface area contributed by atoms with E-state index in [0.29, 0.717) is 42.8 Å². The van der Waals surface area contributed by atoms with E-state index >= 15 is 0 Å². The third-order valence-corrected chi connectivity index (χ3v) is 6.22. The van der Waals surface area contributed by atoms with Crippen LogP contribution in [0, 0.1) is 12.8 Å². The monoisotopic (exact) mass is 459 g/mol. The fraction of sp³-hybridized carbons (Fsp3) is 0.296. The smallest absolute Gasteiger partial charge is 0.253 e. The van der Waals surface area contributed by atoms with Crippen LogP contribution in [0.15, 0.2) is 77.4 Å². The van der Waals surface area contributed by atoms with Crippen molar-refractivity contribution in [2.45, 2.75) is 32.4 Å².